The molecule has 2 aliphatic heterocycles. The summed E-state index contributed by atoms with van der Waals surface area (Å²) in [5, 5.41) is 3.41. The molecule has 2 saturated heterocycles. The van der Waals surface area contributed by atoms with Crippen LogP contribution in [0.4, 0.5) is 0 Å². The Labute approximate surface area is 91.6 Å². The summed E-state index contributed by atoms with van der Waals surface area (Å²) in [4.78, 5) is 15.8. The molecule has 0 aromatic heterocycles. The summed E-state index contributed by atoms with van der Waals surface area (Å²) in [7, 11) is 2.18. The second-order valence-corrected chi connectivity index (χ2v) is 4.61. The van der Waals surface area contributed by atoms with Gasteiger partial charge < -0.3 is 15.1 Å². The minimum Gasteiger partial charge on any atom is -0.343 e. The number of hydrogen-bond donors (Lipinski definition) is 1. The number of likely N-dealkylation sites (N-methyl/N-ethyl adjacent to an activating group) is 1. The van der Waals surface area contributed by atoms with Crippen LogP contribution in [-0.4, -0.2) is 61.5 Å². The molecule has 0 aromatic carbocycles. The first kappa shape index (κ1) is 10.9. The van der Waals surface area contributed by atoms with Crippen molar-refractivity contribution >= 4 is 5.91 Å². The van der Waals surface area contributed by atoms with Crippen molar-refractivity contribution in [3.05, 3.63) is 0 Å². The van der Waals surface area contributed by atoms with Crippen LogP contribution in [0, 0.1) is 0 Å². The third-order valence-electron chi connectivity index (χ3n) is 3.55. The maximum atomic E-state index is 11.4. The summed E-state index contributed by atoms with van der Waals surface area (Å²) in [6, 6.07) is 0.604. The van der Waals surface area contributed by atoms with Crippen molar-refractivity contribution in [3.63, 3.8) is 0 Å². The van der Waals surface area contributed by atoms with Gasteiger partial charge in [-0.05, 0) is 19.9 Å². The second kappa shape index (κ2) is 4.94. The van der Waals surface area contributed by atoms with E-state index in [-0.39, 0.29) is 0 Å². The van der Waals surface area contributed by atoms with Gasteiger partial charge in [0.1, 0.15) is 0 Å². The summed E-state index contributed by atoms with van der Waals surface area (Å²) >= 11 is 0. The first-order valence-corrected chi connectivity index (χ1v) is 5.96. The molecule has 15 heavy (non-hydrogen) atoms. The molecule has 0 saturated carbocycles. The Balaban J connectivity index is 1.74. The first-order chi connectivity index (χ1) is 7.27. The van der Waals surface area contributed by atoms with E-state index in [4.69, 9.17) is 0 Å². The third-order valence-corrected chi connectivity index (χ3v) is 3.55. The summed E-state index contributed by atoms with van der Waals surface area (Å²) < 4.78 is 0. The Morgan fingerprint density at radius 2 is 2.33 bits per heavy atom. The smallest absolute Gasteiger partial charge is 0.222 e. The predicted molar refractivity (Wildman–Crippen MR) is 59.7 cm³/mol. The average Bonchev–Trinajstić information content (AvgIpc) is 2.63. The van der Waals surface area contributed by atoms with Crippen LogP contribution in [0.3, 0.4) is 0 Å². The maximum absolute atomic E-state index is 11.4. The summed E-state index contributed by atoms with van der Waals surface area (Å²) in [5.74, 6) is 0.349. The molecule has 4 heteroatoms. The molecule has 0 spiro atoms. The van der Waals surface area contributed by atoms with Crippen molar-refractivity contribution in [1.29, 1.82) is 0 Å². The largest absolute Gasteiger partial charge is 0.343 e. The molecule has 0 aliphatic carbocycles. The van der Waals surface area contributed by atoms with Crippen LogP contribution < -0.4 is 5.32 Å². The van der Waals surface area contributed by atoms with Gasteiger partial charge in [0, 0.05) is 45.2 Å². The average molecular weight is 211 g/mol. The summed E-state index contributed by atoms with van der Waals surface area (Å²) in [6.07, 6.45) is 2.92. The zero-order valence-electron chi connectivity index (χ0n) is 9.54. The highest BCUT2D eigenvalue weighted by Gasteiger charge is 2.23. The van der Waals surface area contributed by atoms with Gasteiger partial charge in [-0.25, -0.2) is 0 Å². The van der Waals surface area contributed by atoms with Crippen LogP contribution in [-0.2, 0) is 4.79 Å². The number of hydrogen-bond acceptors (Lipinski definition) is 3. The summed E-state index contributed by atoms with van der Waals surface area (Å²) in [5.41, 5.74) is 0. The van der Waals surface area contributed by atoms with Crippen molar-refractivity contribution in [1.82, 2.24) is 15.1 Å². The van der Waals surface area contributed by atoms with E-state index >= 15 is 0 Å². The number of nitrogens with one attached hydrogen (secondary N) is 1. The lowest BCUT2D eigenvalue weighted by molar-refractivity contribution is -0.127. The van der Waals surface area contributed by atoms with Gasteiger partial charge >= 0.3 is 0 Å². The van der Waals surface area contributed by atoms with Gasteiger partial charge in [0.15, 0.2) is 0 Å². The Hall–Kier alpha value is -0.610. The fraction of sp³-hybridized carbons (Fsp3) is 0.909. The van der Waals surface area contributed by atoms with Crippen molar-refractivity contribution in [2.45, 2.75) is 25.3 Å². The monoisotopic (exact) mass is 211 g/mol. The Kier molecular flexibility index (Phi) is 3.59. The van der Waals surface area contributed by atoms with Crippen LogP contribution in [0.15, 0.2) is 0 Å². The lowest BCUT2D eigenvalue weighted by atomic mass is 10.1. The van der Waals surface area contributed by atoms with Crippen molar-refractivity contribution < 1.29 is 4.79 Å². The molecule has 2 fully saturated rings. The standard InChI is InChI=1S/C11H21N3O/c1-13-8-5-12-9-10(13)4-7-14-6-2-3-11(14)15/h10,12H,2-9H2,1H3. The fourth-order valence-corrected chi connectivity index (χ4v) is 2.43. The van der Waals surface area contributed by atoms with Crippen LogP contribution in [0.25, 0.3) is 0 Å². The Morgan fingerprint density at radius 1 is 1.47 bits per heavy atom. The van der Waals surface area contributed by atoms with Gasteiger partial charge in [0.2, 0.25) is 5.91 Å². The highest BCUT2D eigenvalue weighted by atomic mass is 16.2. The molecule has 2 aliphatic rings. The van der Waals surface area contributed by atoms with E-state index in [1.165, 1.54) is 0 Å². The molecule has 0 aromatic rings. The first-order valence-electron chi connectivity index (χ1n) is 5.96. The molecule has 1 amide bonds. The van der Waals surface area contributed by atoms with Crippen LogP contribution >= 0.6 is 0 Å². The molecule has 1 N–H and O–H groups in total. The Bertz CT molecular complexity index is 232. The zero-order chi connectivity index (χ0) is 10.7. The van der Waals surface area contributed by atoms with E-state index in [9.17, 15) is 4.79 Å². The number of nitrogens with zero attached hydrogens (tertiary/aromatic N) is 2. The van der Waals surface area contributed by atoms with Gasteiger partial charge in [-0.2, -0.15) is 0 Å². The molecule has 0 bridgehead atoms. The highest BCUT2D eigenvalue weighted by Crippen LogP contribution is 2.12. The van der Waals surface area contributed by atoms with E-state index in [0.29, 0.717) is 11.9 Å². The second-order valence-electron chi connectivity index (χ2n) is 4.61. The predicted octanol–water partition coefficient (Wildman–Crippen LogP) is -0.0975. The quantitative estimate of drug-likeness (QED) is 0.708. The molecule has 86 valence electrons. The van der Waals surface area contributed by atoms with E-state index < -0.39 is 0 Å². The maximum Gasteiger partial charge on any atom is 0.222 e. The van der Waals surface area contributed by atoms with E-state index in [2.05, 4.69) is 17.3 Å². The minimum atomic E-state index is 0.349. The summed E-state index contributed by atoms with van der Waals surface area (Å²) in [6.45, 7) is 5.20. The minimum absolute atomic E-state index is 0.349. The lowest BCUT2D eigenvalue weighted by Gasteiger charge is -2.34. The van der Waals surface area contributed by atoms with Crippen LogP contribution in [0.2, 0.25) is 0 Å². The Morgan fingerprint density at radius 3 is 3.00 bits per heavy atom. The van der Waals surface area contributed by atoms with E-state index in [0.717, 1.165) is 52.0 Å². The van der Waals surface area contributed by atoms with Crippen LogP contribution in [0.1, 0.15) is 19.3 Å². The van der Waals surface area contributed by atoms with Crippen molar-refractivity contribution in [3.8, 4) is 0 Å². The van der Waals surface area contributed by atoms with E-state index in [1.54, 1.807) is 0 Å². The number of piperazine rings is 1. The third kappa shape index (κ3) is 2.69. The number of rotatable bonds is 3. The molecule has 4 nitrogen and oxygen atoms in total. The topological polar surface area (TPSA) is 35.6 Å². The van der Waals surface area contributed by atoms with Gasteiger partial charge in [-0.3, -0.25) is 4.79 Å². The number of amides is 1. The zero-order valence-corrected chi connectivity index (χ0v) is 9.54. The molecule has 0 radical (unpaired) electrons. The highest BCUT2D eigenvalue weighted by molar-refractivity contribution is 5.77. The van der Waals surface area contributed by atoms with Gasteiger partial charge in [-0.15, -0.1) is 0 Å². The van der Waals surface area contributed by atoms with Gasteiger partial charge in [-0.1, -0.05) is 0 Å². The molecule has 1 atom stereocenters. The van der Waals surface area contributed by atoms with E-state index in [1.807, 2.05) is 4.90 Å². The molecule has 2 heterocycles. The normalized spacial score (nSPS) is 28.7. The lowest BCUT2D eigenvalue weighted by Crippen LogP contribution is -2.50. The number of carbonyl (C=O) groups is 1. The van der Waals surface area contributed by atoms with Crippen molar-refractivity contribution in [2.75, 3.05) is 39.8 Å². The molecular formula is C11H21N3O. The number of likely N-dealkylation sites (tertiary alicyclic amines) is 1. The molecular weight excluding hydrogens is 190 g/mol. The fourth-order valence-electron chi connectivity index (χ4n) is 2.43. The van der Waals surface area contributed by atoms with Gasteiger partial charge in [0.05, 0.1) is 0 Å². The van der Waals surface area contributed by atoms with Gasteiger partial charge in [0.25, 0.3) is 0 Å². The number of carbonyl (C=O) groups excluding carboxylic acids is 1. The molecule has 2 rings (SSSR count). The SMILES string of the molecule is CN1CCNCC1CCN1CCCC1=O. The molecule has 1 unspecified atom stereocenters. The van der Waals surface area contributed by atoms with Crippen LogP contribution in [0.5, 0.6) is 0 Å². The van der Waals surface area contributed by atoms with Crippen molar-refractivity contribution in [2.24, 2.45) is 0 Å².